The van der Waals surface area contributed by atoms with Crippen molar-refractivity contribution in [2.75, 3.05) is 4.90 Å². The zero-order valence-corrected chi connectivity index (χ0v) is 10.6. The Kier molecular flexibility index (Phi) is 2.95. The Balaban J connectivity index is 1.98. The van der Waals surface area contributed by atoms with E-state index in [-0.39, 0.29) is 12.7 Å². The lowest BCUT2D eigenvalue weighted by Crippen LogP contribution is -2.45. The van der Waals surface area contributed by atoms with Crippen LogP contribution in [0.25, 0.3) is 0 Å². The SMILES string of the molecule is Cc1ncc(CO)c(N2C3CCC2CC(O)C3)n1. The summed E-state index contributed by atoms with van der Waals surface area (Å²) in [4.78, 5) is 10.9. The Labute approximate surface area is 106 Å². The minimum atomic E-state index is -0.181. The molecule has 2 atom stereocenters. The second kappa shape index (κ2) is 4.48. The summed E-state index contributed by atoms with van der Waals surface area (Å²) in [5, 5.41) is 19.3. The van der Waals surface area contributed by atoms with Gasteiger partial charge >= 0.3 is 0 Å². The van der Waals surface area contributed by atoms with E-state index < -0.39 is 0 Å². The van der Waals surface area contributed by atoms with Gasteiger partial charge < -0.3 is 15.1 Å². The predicted octanol–water partition coefficient (Wildman–Crippen LogP) is 0.769. The van der Waals surface area contributed by atoms with E-state index in [2.05, 4.69) is 14.9 Å². The summed E-state index contributed by atoms with van der Waals surface area (Å²) in [6, 6.07) is 0.719. The molecule has 1 aromatic rings. The van der Waals surface area contributed by atoms with Crippen molar-refractivity contribution in [2.24, 2.45) is 0 Å². The number of fused-ring (bicyclic) bond motifs is 2. The summed E-state index contributed by atoms with van der Waals surface area (Å²) in [6.45, 7) is 1.83. The molecule has 0 spiro atoms. The zero-order chi connectivity index (χ0) is 12.7. The van der Waals surface area contributed by atoms with Gasteiger partial charge in [0.1, 0.15) is 11.6 Å². The monoisotopic (exact) mass is 249 g/mol. The van der Waals surface area contributed by atoms with Crippen molar-refractivity contribution in [1.29, 1.82) is 0 Å². The van der Waals surface area contributed by atoms with Crippen LogP contribution in [0, 0.1) is 6.92 Å². The Morgan fingerprint density at radius 2 is 2.00 bits per heavy atom. The van der Waals surface area contributed by atoms with Crippen LogP contribution in [0.5, 0.6) is 0 Å². The number of anilines is 1. The fourth-order valence-electron chi connectivity index (χ4n) is 3.31. The lowest BCUT2D eigenvalue weighted by atomic mass is 9.99. The molecule has 0 saturated carbocycles. The summed E-state index contributed by atoms with van der Waals surface area (Å²) in [6.07, 6.45) is 5.36. The number of piperidine rings is 1. The molecule has 0 aromatic carbocycles. The first-order valence-electron chi connectivity index (χ1n) is 6.59. The van der Waals surface area contributed by atoms with Crippen molar-refractivity contribution < 1.29 is 10.2 Å². The van der Waals surface area contributed by atoms with Gasteiger partial charge in [-0.1, -0.05) is 0 Å². The quantitative estimate of drug-likeness (QED) is 0.810. The number of rotatable bonds is 2. The van der Waals surface area contributed by atoms with E-state index in [1.165, 1.54) is 0 Å². The van der Waals surface area contributed by atoms with Crippen molar-refractivity contribution in [2.45, 2.75) is 57.4 Å². The van der Waals surface area contributed by atoms with Crippen LogP contribution in [-0.2, 0) is 6.61 Å². The van der Waals surface area contributed by atoms with Crippen LogP contribution in [0.3, 0.4) is 0 Å². The number of hydrogen-bond donors (Lipinski definition) is 2. The van der Waals surface area contributed by atoms with Crippen LogP contribution in [0.4, 0.5) is 5.82 Å². The van der Waals surface area contributed by atoms with Crippen LogP contribution in [0.2, 0.25) is 0 Å². The highest BCUT2D eigenvalue weighted by Crippen LogP contribution is 2.39. The molecule has 2 aliphatic rings. The van der Waals surface area contributed by atoms with E-state index in [0.29, 0.717) is 12.1 Å². The fourth-order valence-corrected chi connectivity index (χ4v) is 3.31. The molecule has 2 bridgehead atoms. The molecule has 3 rings (SSSR count). The lowest BCUT2D eigenvalue weighted by molar-refractivity contribution is 0.125. The number of aryl methyl sites for hydroxylation is 1. The maximum absolute atomic E-state index is 9.83. The molecule has 2 unspecified atom stereocenters. The van der Waals surface area contributed by atoms with Crippen LogP contribution >= 0.6 is 0 Å². The molecule has 1 aromatic heterocycles. The highest BCUT2D eigenvalue weighted by Gasteiger charge is 2.41. The van der Waals surface area contributed by atoms with E-state index >= 15 is 0 Å². The van der Waals surface area contributed by atoms with Gasteiger partial charge in [0.15, 0.2) is 0 Å². The van der Waals surface area contributed by atoms with Crippen LogP contribution in [0.1, 0.15) is 37.1 Å². The van der Waals surface area contributed by atoms with Gasteiger partial charge in [0.25, 0.3) is 0 Å². The molecule has 5 nitrogen and oxygen atoms in total. The average molecular weight is 249 g/mol. The van der Waals surface area contributed by atoms with Gasteiger partial charge in [-0.25, -0.2) is 9.97 Å². The molecule has 98 valence electrons. The second-order valence-electron chi connectivity index (χ2n) is 5.34. The number of hydrogen-bond acceptors (Lipinski definition) is 5. The van der Waals surface area contributed by atoms with Crippen LogP contribution in [0.15, 0.2) is 6.20 Å². The van der Waals surface area contributed by atoms with E-state index in [1.54, 1.807) is 6.20 Å². The molecule has 0 radical (unpaired) electrons. The minimum Gasteiger partial charge on any atom is -0.393 e. The predicted molar refractivity (Wildman–Crippen MR) is 67.2 cm³/mol. The minimum absolute atomic E-state index is 0.0336. The van der Waals surface area contributed by atoms with Crippen molar-refractivity contribution in [3.05, 3.63) is 17.6 Å². The van der Waals surface area contributed by atoms with Gasteiger partial charge in [-0.2, -0.15) is 0 Å². The average Bonchev–Trinajstić information content (AvgIpc) is 2.61. The van der Waals surface area contributed by atoms with E-state index in [4.69, 9.17) is 0 Å². The first-order chi connectivity index (χ1) is 8.69. The normalized spacial score (nSPS) is 30.8. The summed E-state index contributed by atoms with van der Waals surface area (Å²) in [7, 11) is 0. The summed E-state index contributed by atoms with van der Waals surface area (Å²) < 4.78 is 0. The maximum atomic E-state index is 9.83. The molecule has 2 saturated heterocycles. The van der Waals surface area contributed by atoms with E-state index in [9.17, 15) is 10.2 Å². The van der Waals surface area contributed by atoms with Crippen molar-refractivity contribution in [3.8, 4) is 0 Å². The third kappa shape index (κ3) is 1.87. The highest BCUT2D eigenvalue weighted by atomic mass is 16.3. The molecule has 0 amide bonds. The van der Waals surface area contributed by atoms with Crippen LogP contribution in [-0.4, -0.2) is 38.4 Å². The Bertz CT molecular complexity index is 438. The van der Waals surface area contributed by atoms with Gasteiger partial charge in [0, 0.05) is 23.8 Å². The number of aliphatic hydroxyl groups excluding tert-OH is 2. The highest BCUT2D eigenvalue weighted by molar-refractivity contribution is 5.50. The standard InChI is InChI=1S/C13H19N3O2/c1-8-14-6-9(7-17)13(15-8)16-10-2-3-11(16)5-12(18)4-10/h6,10-12,17-18H,2-5,7H2,1H3. The molecule has 2 N–H and O–H groups in total. The van der Waals surface area contributed by atoms with Gasteiger partial charge in [-0.05, 0) is 32.6 Å². The largest absolute Gasteiger partial charge is 0.393 e. The van der Waals surface area contributed by atoms with Gasteiger partial charge in [0.2, 0.25) is 0 Å². The Hall–Kier alpha value is -1.20. The number of aliphatic hydroxyl groups is 2. The second-order valence-corrected chi connectivity index (χ2v) is 5.34. The first-order valence-corrected chi connectivity index (χ1v) is 6.59. The third-order valence-corrected chi connectivity index (χ3v) is 4.09. The molecule has 18 heavy (non-hydrogen) atoms. The number of aromatic nitrogens is 2. The zero-order valence-electron chi connectivity index (χ0n) is 10.6. The molecular formula is C13H19N3O2. The van der Waals surface area contributed by atoms with Gasteiger partial charge in [-0.3, -0.25) is 0 Å². The Morgan fingerprint density at radius 1 is 1.33 bits per heavy atom. The maximum Gasteiger partial charge on any atom is 0.138 e. The molecular weight excluding hydrogens is 230 g/mol. The van der Waals surface area contributed by atoms with Gasteiger partial charge in [0.05, 0.1) is 12.7 Å². The first kappa shape index (κ1) is 11.9. The van der Waals surface area contributed by atoms with Gasteiger partial charge in [-0.15, -0.1) is 0 Å². The topological polar surface area (TPSA) is 69.5 Å². The van der Waals surface area contributed by atoms with Crippen molar-refractivity contribution >= 4 is 5.82 Å². The smallest absolute Gasteiger partial charge is 0.138 e. The van der Waals surface area contributed by atoms with E-state index in [0.717, 1.165) is 42.9 Å². The lowest BCUT2D eigenvalue weighted by Gasteiger charge is -2.38. The fraction of sp³-hybridized carbons (Fsp3) is 0.692. The van der Waals surface area contributed by atoms with Crippen molar-refractivity contribution in [3.63, 3.8) is 0 Å². The Morgan fingerprint density at radius 3 is 2.61 bits per heavy atom. The number of nitrogens with zero attached hydrogens (tertiary/aromatic N) is 3. The third-order valence-electron chi connectivity index (χ3n) is 4.09. The van der Waals surface area contributed by atoms with Crippen LogP contribution < -0.4 is 4.90 Å². The summed E-state index contributed by atoms with van der Waals surface area (Å²) in [5.41, 5.74) is 0.786. The molecule has 2 aliphatic heterocycles. The van der Waals surface area contributed by atoms with E-state index in [1.807, 2.05) is 6.92 Å². The van der Waals surface area contributed by atoms with Crippen molar-refractivity contribution in [1.82, 2.24) is 9.97 Å². The molecule has 2 fully saturated rings. The summed E-state index contributed by atoms with van der Waals surface area (Å²) >= 11 is 0. The summed E-state index contributed by atoms with van der Waals surface area (Å²) in [5.74, 6) is 1.59. The molecule has 5 heteroatoms. The molecule has 0 aliphatic carbocycles. The molecule has 3 heterocycles.